The van der Waals surface area contributed by atoms with Gasteiger partial charge in [-0.05, 0) is 38.5 Å². The summed E-state index contributed by atoms with van der Waals surface area (Å²) in [6.45, 7) is 4.76. The zero-order valence-electron chi connectivity index (χ0n) is 11.8. The van der Waals surface area contributed by atoms with Crippen molar-refractivity contribution in [1.82, 2.24) is 10.2 Å². The van der Waals surface area contributed by atoms with Gasteiger partial charge in [0.2, 0.25) is 0 Å². The number of amidine groups is 1. The standard InChI is InChI=1S/C13H26N4O/c1-4-10-6-8-13(9-7-10,11(14)15)16-12(18)17(3)5-2/h10H,4-9H2,1-3H3,(H3,14,15)(H,16,18). The molecule has 1 aliphatic rings. The Kier molecular flexibility index (Phi) is 4.99. The smallest absolute Gasteiger partial charge is 0.317 e. The van der Waals surface area contributed by atoms with E-state index < -0.39 is 5.54 Å². The maximum atomic E-state index is 12.0. The van der Waals surface area contributed by atoms with Crippen LogP contribution in [-0.2, 0) is 0 Å². The van der Waals surface area contributed by atoms with E-state index in [2.05, 4.69) is 12.2 Å². The SMILES string of the molecule is CCC1CCC(NC(=O)N(C)CC)(C(=N)N)CC1. The summed E-state index contributed by atoms with van der Waals surface area (Å²) in [6.07, 6.45) is 4.80. The molecule has 0 aromatic carbocycles. The molecule has 1 saturated carbocycles. The molecule has 1 fully saturated rings. The molecule has 0 heterocycles. The Balaban J connectivity index is 2.71. The molecule has 104 valence electrons. The van der Waals surface area contributed by atoms with Gasteiger partial charge in [-0.15, -0.1) is 0 Å². The minimum Gasteiger partial charge on any atom is -0.386 e. The van der Waals surface area contributed by atoms with Crippen molar-refractivity contribution < 1.29 is 4.79 Å². The van der Waals surface area contributed by atoms with Gasteiger partial charge in [-0.25, -0.2) is 4.79 Å². The zero-order valence-corrected chi connectivity index (χ0v) is 11.8. The van der Waals surface area contributed by atoms with Gasteiger partial charge in [0.1, 0.15) is 5.84 Å². The fourth-order valence-electron chi connectivity index (χ4n) is 2.48. The summed E-state index contributed by atoms with van der Waals surface area (Å²) >= 11 is 0. The van der Waals surface area contributed by atoms with Crippen LogP contribution in [0, 0.1) is 11.3 Å². The molecule has 0 unspecified atom stereocenters. The second-order valence-corrected chi connectivity index (χ2v) is 5.29. The van der Waals surface area contributed by atoms with Gasteiger partial charge >= 0.3 is 6.03 Å². The molecule has 0 radical (unpaired) electrons. The lowest BCUT2D eigenvalue weighted by molar-refractivity contribution is 0.186. The van der Waals surface area contributed by atoms with Gasteiger partial charge in [0.05, 0.1) is 5.54 Å². The summed E-state index contributed by atoms with van der Waals surface area (Å²) in [6, 6.07) is -0.136. The number of urea groups is 1. The predicted octanol–water partition coefficient (Wildman–Crippen LogP) is 1.92. The van der Waals surface area contributed by atoms with Crippen molar-refractivity contribution in [3.8, 4) is 0 Å². The van der Waals surface area contributed by atoms with Crippen molar-refractivity contribution in [2.24, 2.45) is 11.7 Å². The highest BCUT2D eigenvalue weighted by atomic mass is 16.2. The fourth-order valence-corrected chi connectivity index (χ4v) is 2.48. The van der Waals surface area contributed by atoms with Crippen LogP contribution in [0.15, 0.2) is 0 Å². The number of hydrogen-bond donors (Lipinski definition) is 3. The van der Waals surface area contributed by atoms with E-state index >= 15 is 0 Å². The Labute approximate surface area is 110 Å². The molecule has 18 heavy (non-hydrogen) atoms. The molecule has 0 bridgehead atoms. The van der Waals surface area contributed by atoms with Crippen LogP contribution in [0.2, 0.25) is 0 Å². The van der Waals surface area contributed by atoms with Gasteiger partial charge in [-0.1, -0.05) is 13.3 Å². The highest BCUT2D eigenvalue weighted by Gasteiger charge is 2.39. The Morgan fingerprint density at radius 3 is 2.39 bits per heavy atom. The summed E-state index contributed by atoms with van der Waals surface area (Å²) in [7, 11) is 1.75. The lowest BCUT2D eigenvalue weighted by Gasteiger charge is -2.40. The number of carbonyl (C=O) groups is 1. The van der Waals surface area contributed by atoms with Gasteiger partial charge in [0, 0.05) is 13.6 Å². The van der Waals surface area contributed by atoms with E-state index in [1.165, 1.54) is 0 Å². The first-order chi connectivity index (χ1) is 8.45. The number of rotatable bonds is 4. The number of nitrogens with zero attached hydrogens (tertiary/aromatic N) is 1. The largest absolute Gasteiger partial charge is 0.386 e. The average molecular weight is 254 g/mol. The van der Waals surface area contributed by atoms with Crippen LogP contribution in [0.3, 0.4) is 0 Å². The van der Waals surface area contributed by atoms with E-state index in [9.17, 15) is 4.79 Å². The number of nitrogens with one attached hydrogen (secondary N) is 2. The van der Waals surface area contributed by atoms with Crippen molar-refractivity contribution in [1.29, 1.82) is 5.41 Å². The molecule has 1 aliphatic carbocycles. The lowest BCUT2D eigenvalue weighted by atomic mass is 9.75. The second-order valence-electron chi connectivity index (χ2n) is 5.29. The summed E-state index contributed by atoms with van der Waals surface area (Å²) in [5.41, 5.74) is 5.11. The van der Waals surface area contributed by atoms with Crippen molar-refractivity contribution in [3.63, 3.8) is 0 Å². The van der Waals surface area contributed by atoms with Crippen LogP contribution in [0.1, 0.15) is 46.0 Å². The van der Waals surface area contributed by atoms with Crippen molar-refractivity contribution in [2.45, 2.75) is 51.5 Å². The van der Waals surface area contributed by atoms with Gasteiger partial charge in [-0.3, -0.25) is 5.41 Å². The van der Waals surface area contributed by atoms with Crippen LogP contribution < -0.4 is 11.1 Å². The third-order valence-corrected chi connectivity index (χ3v) is 4.22. The summed E-state index contributed by atoms with van der Waals surface area (Å²) < 4.78 is 0. The molecular weight excluding hydrogens is 228 g/mol. The van der Waals surface area contributed by atoms with E-state index in [4.69, 9.17) is 11.1 Å². The summed E-state index contributed by atoms with van der Waals surface area (Å²) in [5.74, 6) is 0.799. The summed E-state index contributed by atoms with van der Waals surface area (Å²) in [4.78, 5) is 13.6. The molecule has 0 aromatic rings. The molecule has 0 spiro atoms. The molecular formula is C13H26N4O. The van der Waals surface area contributed by atoms with Gasteiger partial charge in [0.25, 0.3) is 0 Å². The Bertz CT molecular complexity index is 308. The predicted molar refractivity (Wildman–Crippen MR) is 73.7 cm³/mol. The first kappa shape index (κ1) is 14.8. The number of hydrogen-bond acceptors (Lipinski definition) is 2. The van der Waals surface area contributed by atoms with Crippen LogP contribution in [0.5, 0.6) is 0 Å². The molecule has 5 nitrogen and oxygen atoms in total. The Morgan fingerprint density at radius 1 is 1.44 bits per heavy atom. The molecule has 0 aliphatic heterocycles. The number of amides is 2. The van der Waals surface area contributed by atoms with Crippen molar-refractivity contribution >= 4 is 11.9 Å². The van der Waals surface area contributed by atoms with E-state index in [1.54, 1.807) is 11.9 Å². The van der Waals surface area contributed by atoms with E-state index in [0.29, 0.717) is 12.5 Å². The van der Waals surface area contributed by atoms with Gasteiger partial charge in [-0.2, -0.15) is 0 Å². The quantitative estimate of drug-likeness (QED) is 0.529. The highest BCUT2D eigenvalue weighted by molar-refractivity contribution is 5.91. The topological polar surface area (TPSA) is 82.2 Å². The highest BCUT2D eigenvalue weighted by Crippen LogP contribution is 2.33. The van der Waals surface area contributed by atoms with Gasteiger partial charge < -0.3 is 16.0 Å². The third-order valence-electron chi connectivity index (χ3n) is 4.22. The molecule has 2 amide bonds. The zero-order chi connectivity index (χ0) is 13.8. The van der Waals surface area contributed by atoms with Crippen molar-refractivity contribution in [2.75, 3.05) is 13.6 Å². The summed E-state index contributed by atoms with van der Waals surface area (Å²) in [5, 5.41) is 10.8. The van der Waals surface area contributed by atoms with E-state index in [0.717, 1.165) is 32.1 Å². The number of carbonyl (C=O) groups excluding carboxylic acids is 1. The van der Waals surface area contributed by atoms with Crippen LogP contribution in [-0.4, -0.2) is 35.9 Å². The Hall–Kier alpha value is -1.26. The second kappa shape index (κ2) is 6.07. The molecule has 0 saturated heterocycles. The van der Waals surface area contributed by atoms with Crippen LogP contribution in [0.25, 0.3) is 0 Å². The Morgan fingerprint density at radius 2 is 2.00 bits per heavy atom. The molecule has 4 N–H and O–H groups in total. The maximum absolute atomic E-state index is 12.0. The monoisotopic (exact) mass is 254 g/mol. The molecule has 0 atom stereocenters. The average Bonchev–Trinajstić information content (AvgIpc) is 2.38. The molecule has 5 heteroatoms. The maximum Gasteiger partial charge on any atom is 0.317 e. The van der Waals surface area contributed by atoms with E-state index in [-0.39, 0.29) is 11.9 Å². The molecule has 1 rings (SSSR count). The first-order valence-electron chi connectivity index (χ1n) is 6.83. The lowest BCUT2D eigenvalue weighted by Crippen LogP contribution is -2.60. The van der Waals surface area contributed by atoms with E-state index in [1.807, 2.05) is 6.92 Å². The van der Waals surface area contributed by atoms with Crippen LogP contribution in [0.4, 0.5) is 4.79 Å². The normalized spacial score (nSPS) is 27.6. The third kappa shape index (κ3) is 3.15. The van der Waals surface area contributed by atoms with Crippen molar-refractivity contribution in [3.05, 3.63) is 0 Å². The number of nitrogens with two attached hydrogens (primary N) is 1. The minimum atomic E-state index is -0.619. The van der Waals surface area contributed by atoms with Gasteiger partial charge in [0.15, 0.2) is 0 Å². The fraction of sp³-hybridized carbons (Fsp3) is 0.846. The molecule has 0 aromatic heterocycles. The first-order valence-corrected chi connectivity index (χ1v) is 6.83. The van der Waals surface area contributed by atoms with Crippen LogP contribution >= 0.6 is 0 Å². The minimum absolute atomic E-state index is 0.0925.